The first-order chi connectivity index (χ1) is 7.33. The highest BCUT2D eigenvalue weighted by Gasteiger charge is 2.08. The summed E-state index contributed by atoms with van der Waals surface area (Å²) in [5.74, 6) is 0. The van der Waals surface area contributed by atoms with Crippen molar-refractivity contribution in [2.24, 2.45) is 0 Å². The third-order valence-electron chi connectivity index (χ3n) is 2.56. The Labute approximate surface area is 88.9 Å². The van der Waals surface area contributed by atoms with Gasteiger partial charge in [-0.2, -0.15) is 0 Å². The summed E-state index contributed by atoms with van der Waals surface area (Å²) in [6.45, 7) is 1.93. The zero-order chi connectivity index (χ0) is 10.7. The summed E-state index contributed by atoms with van der Waals surface area (Å²) >= 11 is 0. The average molecular weight is 198 g/mol. The van der Waals surface area contributed by atoms with Crippen molar-refractivity contribution in [1.29, 1.82) is 0 Å². The van der Waals surface area contributed by atoms with Crippen molar-refractivity contribution in [3.8, 4) is 0 Å². The lowest BCUT2D eigenvalue weighted by Crippen LogP contribution is -2.08. The van der Waals surface area contributed by atoms with Gasteiger partial charge in [0.05, 0.1) is 6.04 Å². The van der Waals surface area contributed by atoms with Gasteiger partial charge in [-0.25, -0.2) is 5.32 Å². The lowest BCUT2D eigenvalue weighted by molar-refractivity contribution is -0.110. The van der Waals surface area contributed by atoms with Crippen molar-refractivity contribution in [3.63, 3.8) is 0 Å². The Kier molecular flexibility index (Phi) is 2.68. The number of rotatable bonds is 3. The largest absolute Gasteiger partial charge is 0.277 e. The second-order valence-corrected chi connectivity index (χ2v) is 3.50. The summed E-state index contributed by atoms with van der Waals surface area (Å²) in [6, 6.07) is 14.1. The van der Waals surface area contributed by atoms with Crippen molar-refractivity contribution in [2.75, 3.05) is 0 Å². The molecule has 0 bridgehead atoms. The van der Waals surface area contributed by atoms with Crippen LogP contribution in [0.2, 0.25) is 0 Å². The molecule has 0 saturated carbocycles. The summed E-state index contributed by atoms with van der Waals surface area (Å²) in [7, 11) is 0. The zero-order valence-electron chi connectivity index (χ0n) is 8.55. The first-order valence-corrected chi connectivity index (χ1v) is 4.94. The van der Waals surface area contributed by atoms with Crippen molar-refractivity contribution < 1.29 is 4.79 Å². The van der Waals surface area contributed by atoms with E-state index in [1.807, 2.05) is 31.2 Å². The maximum absolute atomic E-state index is 10.4. The van der Waals surface area contributed by atoms with Crippen LogP contribution in [-0.2, 0) is 4.79 Å². The molecule has 1 unspecified atom stereocenters. The lowest BCUT2D eigenvalue weighted by atomic mass is 10.00. The summed E-state index contributed by atoms with van der Waals surface area (Å²) in [4.78, 5) is 10.4. The molecule has 0 saturated heterocycles. The Morgan fingerprint density at radius 1 is 1.13 bits per heavy atom. The van der Waals surface area contributed by atoms with Gasteiger partial charge in [0.2, 0.25) is 6.41 Å². The number of amides is 1. The van der Waals surface area contributed by atoms with Crippen LogP contribution in [0.5, 0.6) is 0 Å². The molecule has 0 fully saturated rings. The Morgan fingerprint density at radius 2 is 1.87 bits per heavy atom. The number of hydrogen-bond acceptors (Lipinski definition) is 1. The maximum atomic E-state index is 10.4. The molecule has 0 heterocycles. The van der Waals surface area contributed by atoms with E-state index in [0.717, 1.165) is 10.9 Å². The molecule has 2 aromatic rings. The molecular weight excluding hydrogens is 186 g/mol. The van der Waals surface area contributed by atoms with Crippen LogP contribution in [0.4, 0.5) is 0 Å². The van der Waals surface area contributed by atoms with Crippen LogP contribution in [0.1, 0.15) is 18.5 Å². The summed E-state index contributed by atoms with van der Waals surface area (Å²) in [5, 5.41) is 6.21. The van der Waals surface area contributed by atoms with Gasteiger partial charge in [-0.1, -0.05) is 42.5 Å². The van der Waals surface area contributed by atoms with Crippen molar-refractivity contribution in [3.05, 3.63) is 48.0 Å². The Hall–Kier alpha value is -1.83. The minimum Gasteiger partial charge on any atom is -0.277 e. The predicted molar refractivity (Wildman–Crippen MR) is 60.6 cm³/mol. The number of carbonyl (C=O) groups excluding carboxylic acids is 1. The van der Waals surface area contributed by atoms with Crippen LogP contribution in [0.15, 0.2) is 42.5 Å². The van der Waals surface area contributed by atoms with Crippen molar-refractivity contribution in [1.82, 2.24) is 5.32 Å². The summed E-state index contributed by atoms with van der Waals surface area (Å²) in [6.07, 6.45) is 0.617. The number of nitrogens with zero attached hydrogens (tertiary/aromatic N) is 1. The molecule has 2 nitrogen and oxygen atoms in total. The fourth-order valence-electron chi connectivity index (χ4n) is 1.79. The van der Waals surface area contributed by atoms with E-state index in [1.165, 1.54) is 5.39 Å². The highest BCUT2D eigenvalue weighted by atomic mass is 16.1. The van der Waals surface area contributed by atoms with E-state index in [2.05, 4.69) is 23.5 Å². The SMILES string of the molecule is CC([N]C=O)c1cccc2ccccc12. The highest BCUT2D eigenvalue weighted by molar-refractivity contribution is 5.86. The molecule has 1 atom stereocenters. The third-order valence-corrected chi connectivity index (χ3v) is 2.56. The molecule has 0 aliphatic carbocycles. The number of hydrogen-bond donors (Lipinski definition) is 0. The normalized spacial score (nSPS) is 12.3. The maximum Gasteiger partial charge on any atom is 0.228 e. The van der Waals surface area contributed by atoms with Gasteiger partial charge in [-0.15, -0.1) is 0 Å². The minimum absolute atomic E-state index is 0.0754. The molecule has 0 N–H and O–H groups in total. The van der Waals surface area contributed by atoms with Gasteiger partial charge in [0.15, 0.2) is 0 Å². The van der Waals surface area contributed by atoms with Crippen LogP contribution in [-0.4, -0.2) is 6.41 Å². The van der Waals surface area contributed by atoms with Gasteiger partial charge >= 0.3 is 0 Å². The minimum atomic E-state index is -0.0754. The Bertz CT molecular complexity index is 473. The second-order valence-electron chi connectivity index (χ2n) is 3.50. The molecule has 2 aromatic carbocycles. The quantitative estimate of drug-likeness (QED) is 0.697. The Balaban J connectivity index is 2.55. The molecule has 0 aliphatic rings. The van der Waals surface area contributed by atoms with Gasteiger partial charge < -0.3 is 0 Å². The van der Waals surface area contributed by atoms with E-state index in [9.17, 15) is 4.79 Å². The van der Waals surface area contributed by atoms with Gasteiger partial charge in [0, 0.05) is 0 Å². The van der Waals surface area contributed by atoms with Gasteiger partial charge in [0.25, 0.3) is 0 Å². The molecule has 2 heteroatoms. The lowest BCUT2D eigenvalue weighted by Gasteiger charge is -2.11. The van der Waals surface area contributed by atoms with E-state index in [1.54, 1.807) is 0 Å². The zero-order valence-corrected chi connectivity index (χ0v) is 8.55. The molecular formula is C13H12NO. The van der Waals surface area contributed by atoms with Gasteiger partial charge in [0.1, 0.15) is 0 Å². The molecule has 1 amide bonds. The number of fused-ring (bicyclic) bond motifs is 1. The molecule has 0 aliphatic heterocycles. The molecule has 0 spiro atoms. The molecule has 75 valence electrons. The second kappa shape index (κ2) is 4.13. The van der Waals surface area contributed by atoms with E-state index in [4.69, 9.17) is 0 Å². The smallest absolute Gasteiger partial charge is 0.228 e. The van der Waals surface area contributed by atoms with Crippen LogP contribution in [0.25, 0.3) is 10.8 Å². The number of benzene rings is 2. The van der Waals surface area contributed by atoms with Crippen molar-refractivity contribution in [2.45, 2.75) is 13.0 Å². The molecule has 1 radical (unpaired) electrons. The first kappa shape index (κ1) is 9.71. The van der Waals surface area contributed by atoms with E-state index >= 15 is 0 Å². The monoisotopic (exact) mass is 198 g/mol. The van der Waals surface area contributed by atoms with Crippen LogP contribution >= 0.6 is 0 Å². The third kappa shape index (κ3) is 1.84. The standard InChI is InChI=1S/C13H12NO/c1-10(14-9-15)12-8-4-6-11-5-2-3-7-13(11)12/h2-10H,1H3. The van der Waals surface area contributed by atoms with Crippen molar-refractivity contribution >= 4 is 17.2 Å². The summed E-state index contributed by atoms with van der Waals surface area (Å²) < 4.78 is 0. The van der Waals surface area contributed by atoms with Gasteiger partial charge in [-0.05, 0) is 23.3 Å². The predicted octanol–water partition coefficient (Wildman–Crippen LogP) is 2.66. The highest BCUT2D eigenvalue weighted by Crippen LogP contribution is 2.23. The van der Waals surface area contributed by atoms with Crippen LogP contribution in [0, 0.1) is 0 Å². The fraction of sp³-hybridized carbons (Fsp3) is 0.154. The van der Waals surface area contributed by atoms with E-state index in [-0.39, 0.29) is 6.04 Å². The molecule has 15 heavy (non-hydrogen) atoms. The van der Waals surface area contributed by atoms with Crippen LogP contribution in [0.3, 0.4) is 0 Å². The first-order valence-electron chi connectivity index (χ1n) is 4.94. The number of carbonyl (C=O) groups is 1. The summed E-state index contributed by atoms with van der Waals surface area (Å²) in [5.41, 5.74) is 1.10. The topological polar surface area (TPSA) is 31.2 Å². The van der Waals surface area contributed by atoms with E-state index in [0.29, 0.717) is 6.41 Å². The average Bonchev–Trinajstić information content (AvgIpc) is 2.28. The Morgan fingerprint density at radius 3 is 2.67 bits per heavy atom. The molecule has 0 aromatic heterocycles. The fourth-order valence-corrected chi connectivity index (χ4v) is 1.79. The molecule has 2 rings (SSSR count). The van der Waals surface area contributed by atoms with Crippen LogP contribution < -0.4 is 5.32 Å². The van der Waals surface area contributed by atoms with E-state index < -0.39 is 0 Å². The van der Waals surface area contributed by atoms with Gasteiger partial charge in [-0.3, -0.25) is 4.79 Å².